The van der Waals surface area contributed by atoms with Gasteiger partial charge in [-0.25, -0.2) is 0 Å². The number of anilines is 1. The second kappa shape index (κ2) is 3.83. The molecule has 3 nitrogen and oxygen atoms in total. The van der Waals surface area contributed by atoms with Crippen LogP contribution in [0.4, 0.5) is 5.69 Å². The summed E-state index contributed by atoms with van der Waals surface area (Å²) < 4.78 is 0. The molecule has 0 bridgehead atoms. The quantitative estimate of drug-likeness (QED) is 0.810. The van der Waals surface area contributed by atoms with Crippen molar-refractivity contribution in [2.75, 3.05) is 5.32 Å². The van der Waals surface area contributed by atoms with E-state index in [1.165, 1.54) is 0 Å². The lowest BCUT2D eigenvalue weighted by atomic mass is 10.00. The first-order chi connectivity index (χ1) is 7.11. The average molecular weight is 225 g/mol. The molecule has 1 aromatic carbocycles. The maximum atomic E-state index is 11.3. The Bertz CT molecular complexity index is 417. The van der Waals surface area contributed by atoms with Gasteiger partial charge < -0.3 is 11.1 Å². The summed E-state index contributed by atoms with van der Waals surface area (Å²) in [5.74, 6) is 0.0109. The molecule has 0 radical (unpaired) electrons. The number of fused-ring (bicyclic) bond motifs is 1. The van der Waals surface area contributed by atoms with Gasteiger partial charge in [0.1, 0.15) is 0 Å². The molecule has 2 rings (SSSR count). The number of nitrogens with two attached hydrogens (primary N) is 1. The van der Waals surface area contributed by atoms with Crippen molar-refractivity contribution in [3.05, 3.63) is 28.3 Å². The number of carbonyl (C=O) groups is 1. The maximum absolute atomic E-state index is 11.3. The van der Waals surface area contributed by atoms with Crippen molar-refractivity contribution in [2.45, 2.75) is 25.8 Å². The SMILES string of the molecule is CCC(N)c1cc(Cl)cc2c1NC(=O)C2. The zero-order valence-electron chi connectivity index (χ0n) is 8.51. The maximum Gasteiger partial charge on any atom is 0.228 e. The van der Waals surface area contributed by atoms with E-state index in [1.807, 2.05) is 19.1 Å². The third-order valence-electron chi connectivity index (χ3n) is 2.67. The Labute approximate surface area is 93.6 Å². The Balaban J connectivity index is 2.51. The van der Waals surface area contributed by atoms with E-state index in [0.717, 1.165) is 23.2 Å². The van der Waals surface area contributed by atoms with Gasteiger partial charge in [0.25, 0.3) is 0 Å². The molecule has 0 aromatic heterocycles. The molecule has 3 N–H and O–H groups in total. The Hall–Kier alpha value is -1.06. The summed E-state index contributed by atoms with van der Waals surface area (Å²) in [5, 5.41) is 3.47. The van der Waals surface area contributed by atoms with Gasteiger partial charge in [0.15, 0.2) is 0 Å². The third-order valence-corrected chi connectivity index (χ3v) is 2.89. The summed E-state index contributed by atoms with van der Waals surface area (Å²) in [6.07, 6.45) is 1.22. The van der Waals surface area contributed by atoms with Gasteiger partial charge in [-0.05, 0) is 29.7 Å². The first kappa shape index (κ1) is 10.5. The van der Waals surface area contributed by atoms with E-state index in [9.17, 15) is 4.79 Å². The lowest BCUT2D eigenvalue weighted by Crippen LogP contribution is -2.12. The molecule has 1 atom stereocenters. The summed E-state index contributed by atoms with van der Waals surface area (Å²) in [5.41, 5.74) is 8.72. The highest BCUT2D eigenvalue weighted by atomic mass is 35.5. The molecular weight excluding hydrogens is 212 g/mol. The molecule has 1 aliphatic heterocycles. The van der Waals surface area contributed by atoms with Crippen LogP contribution in [0.1, 0.15) is 30.5 Å². The van der Waals surface area contributed by atoms with Gasteiger partial charge in [-0.3, -0.25) is 4.79 Å². The number of carbonyl (C=O) groups excluding carboxylic acids is 1. The summed E-state index contributed by atoms with van der Waals surface area (Å²) in [6, 6.07) is 3.58. The lowest BCUT2D eigenvalue weighted by Gasteiger charge is -2.14. The number of benzene rings is 1. The Morgan fingerprint density at radius 1 is 1.60 bits per heavy atom. The smallest absolute Gasteiger partial charge is 0.228 e. The fourth-order valence-electron chi connectivity index (χ4n) is 1.85. The van der Waals surface area contributed by atoms with Gasteiger partial charge in [-0.1, -0.05) is 18.5 Å². The molecule has 0 saturated carbocycles. The van der Waals surface area contributed by atoms with Crippen molar-refractivity contribution < 1.29 is 4.79 Å². The van der Waals surface area contributed by atoms with Crippen LogP contribution in [-0.2, 0) is 11.2 Å². The standard InChI is InChI=1S/C11H13ClN2O/c1-2-9(13)8-5-7(12)3-6-4-10(15)14-11(6)8/h3,5,9H,2,4,13H2,1H3,(H,14,15). The normalized spacial score (nSPS) is 16.1. The zero-order valence-corrected chi connectivity index (χ0v) is 9.27. The van der Waals surface area contributed by atoms with Crippen LogP contribution < -0.4 is 11.1 Å². The highest BCUT2D eigenvalue weighted by Gasteiger charge is 2.23. The third kappa shape index (κ3) is 1.85. The monoisotopic (exact) mass is 224 g/mol. The molecule has 1 heterocycles. The predicted octanol–water partition coefficient (Wildman–Crippen LogP) is 2.24. The Morgan fingerprint density at radius 2 is 2.33 bits per heavy atom. The summed E-state index contributed by atoms with van der Waals surface area (Å²) in [7, 11) is 0. The highest BCUT2D eigenvalue weighted by Crippen LogP contribution is 2.34. The minimum absolute atomic E-state index is 0.0109. The van der Waals surface area contributed by atoms with E-state index in [2.05, 4.69) is 5.32 Å². The second-order valence-corrected chi connectivity index (χ2v) is 4.21. The molecule has 1 aromatic rings. The molecule has 0 fully saturated rings. The fourth-order valence-corrected chi connectivity index (χ4v) is 2.10. The minimum atomic E-state index is -0.0733. The first-order valence-corrected chi connectivity index (χ1v) is 5.37. The molecule has 1 aliphatic rings. The minimum Gasteiger partial charge on any atom is -0.325 e. The molecule has 0 saturated heterocycles. The van der Waals surface area contributed by atoms with Gasteiger partial charge in [-0.15, -0.1) is 0 Å². The number of halogens is 1. The lowest BCUT2D eigenvalue weighted by molar-refractivity contribution is -0.115. The summed E-state index contributed by atoms with van der Waals surface area (Å²) in [6.45, 7) is 2.01. The van der Waals surface area contributed by atoms with Gasteiger partial charge in [0, 0.05) is 16.8 Å². The van der Waals surface area contributed by atoms with Crippen molar-refractivity contribution in [3.63, 3.8) is 0 Å². The molecule has 0 spiro atoms. The van der Waals surface area contributed by atoms with E-state index in [1.54, 1.807) is 0 Å². The van der Waals surface area contributed by atoms with Crippen LogP contribution in [0, 0.1) is 0 Å². The van der Waals surface area contributed by atoms with Crippen LogP contribution in [0.5, 0.6) is 0 Å². The van der Waals surface area contributed by atoms with Gasteiger partial charge in [0.2, 0.25) is 5.91 Å². The van der Waals surface area contributed by atoms with Crippen LogP contribution in [0.3, 0.4) is 0 Å². The molecule has 0 aliphatic carbocycles. The van der Waals surface area contributed by atoms with Crippen molar-refractivity contribution >= 4 is 23.2 Å². The predicted molar refractivity (Wildman–Crippen MR) is 61.0 cm³/mol. The van der Waals surface area contributed by atoms with Crippen molar-refractivity contribution in [2.24, 2.45) is 5.73 Å². The molecule has 1 amide bonds. The highest BCUT2D eigenvalue weighted by molar-refractivity contribution is 6.31. The number of hydrogen-bond donors (Lipinski definition) is 2. The van der Waals surface area contributed by atoms with E-state index in [0.29, 0.717) is 11.4 Å². The number of nitrogens with one attached hydrogen (secondary N) is 1. The summed E-state index contributed by atoms with van der Waals surface area (Å²) >= 11 is 5.98. The molecule has 4 heteroatoms. The molecule has 15 heavy (non-hydrogen) atoms. The Kier molecular flexibility index (Phi) is 2.67. The van der Waals surface area contributed by atoms with Gasteiger partial charge >= 0.3 is 0 Å². The largest absolute Gasteiger partial charge is 0.325 e. The van der Waals surface area contributed by atoms with Gasteiger partial charge in [-0.2, -0.15) is 0 Å². The second-order valence-electron chi connectivity index (χ2n) is 3.77. The van der Waals surface area contributed by atoms with E-state index in [-0.39, 0.29) is 11.9 Å². The number of amides is 1. The van der Waals surface area contributed by atoms with Crippen LogP contribution in [0.15, 0.2) is 12.1 Å². The van der Waals surface area contributed by atoms with E-state index >= 15 is 0 Å². The molecule has 1 unspecified atom stereocenters. The average Bonchev–Trinajstić information content (AvgIpc) is 2.55. The van der Waals surface area contributed by atoms with Crippen LogP contribution in [-0.4, -0.2) is 5.91 Å². The molecular formula is C11H13ClN2O. The summed E-state index contributed by atoms with van der Waals surface area (Å²) in [4.78, 5) is 11.3. The van der Waals surface area contributed by atoms with Crippen molar-refractivity contribution in [1.82, 2.24) is 0 Å². The number of hydrogen-bond acceptors (Lipinski definition) is 2. The fraction of sp³-hybridized carbons (Fsp3) is 0.364. The van der Waals surface area contributed by atoms with E-state index < -0.39 is 0 Å². The number of rotatable bonds is 2. The van der Waals surface area contributed by atoms with Crippen LogP contribution in [0.25, 0.3) is 0 Å². The van der Waals surface area contributed by atoms with Crippen molar-refractivity contribution in [3.8, 4) is 0 Å². The first-order valence-electron chi connectivity index (χ1n) is 4.99. The Morgan fingerprint density at radius 3 is 3.00 bits per heavy atom. The molecule has 80 valence electrons. The van der Waals surface area contributed by atoms with Crippen LogP contribution >= 0.6 is 11.6 Å². The van der Waals surface area contributed by atoms with Gasteiger partial charge in [0.05, 0.1) is 6.42 Å². The van der Waals surface area contributed by atoms with E-state index in [4.69, 9.17) is 17.3 Å². The van der Waals surface area contributed by atoms with Crippen molar-refractivity contribution in [1.29, 1.82) is 0 Å². The zero-order chi connectivity index (χ0) is 11.0. The topological polar surface area (TPSA) is 55.1 Å². The van der Waals surface area contributed by atoms with Crippen LogP contribution in [0.2, 0.25) is 5.02 Å².